The number of nitrogens with zero attached hydrogens (tertiary/aromatic N) is 3. The van der Waals surface area contributed by atoms with Crippen molar-refractivity contribution in [3.8, 4) is 0 Å². The third-order valence-electron chi connectivity index (χ3n) is 2.75. The minimum absolute atomic E-state index is 0.533. The van der Waals surface area contributed by atoms with Crippen molar-refractivity contribution in [1.29, 1.82) is 0 Å². The first kappa shape index (κ1) is 13.5. The first-order valence-corrected chi connectivity index (χ1v) is 5.85. The maximum Gasteiger partial charge on any atom is 0.105 e. The van der Waals surface area contributed by atoms with E-state index in [-0.39, 0.29) is 0 Å². The summed E-state index contributed by atoms with van der Waals surface area (Å²) in [5.41, 5.74) is -0.210. The van der Waals surface area contributed by atoms with Gasteiger partial charge in [0.2, 0.25) is 0 Å². The van der Waals surface area contributed by atoms with Gasteiger partial charge in [0.05, 0.1) is 23.5 Å². The zero-order chi connectivity index (χ0) is 12.3. The van der Waals surface area contributed by atoms with Crippen LogP contribution in [0, 0.1) is 0 Å². The van der Waals surface area contributed by atoms with Gasteiger partial charge in [-0.3, -0.25) is 4.68 Å². The van der Waals surface area contributed by atoms with E-state index in [1.54, 1.807) is 17.8 Å². The summed E-state index contributed by atoms with van der Waals surface area (Å²) >= 11 is 6.07. The van der Waals surface area contributed by atoms with Gasteiger partial charge in [-0.15, -0.1) is 0 Å². The first-order chi connectivity index (χ1) is 7.38. The van der Waals surface area contributed by atoms with Crippen LogP contribution < -0.4 is 0 Å². The summed E-state index contributed by atoms with van der Waals surface area (Å²) in [6.45, 7) is 5.29. The average Bonchev–Trinajstić information content (AvgIpc) is 2.57. The van der Waals surface area contributed by atoms with E-state index in [0.29, 0.717) is 17.1 Å². The number of aromatic nitrogens is 2. The molecule has 1 heterocycles. The lowest BCUT2D eigenvalue weighted by Gasteiger charge is -2.24. The highest BCUT2D eigenvalue weighted by atomic mass is 35.5. The standard InChI is InChI=1S/C11H20ClN3O/c1-5-11(2,16)10-9(12)8-13-15(10)7-6-14(3)4/h8,16H,5-7H2,1-4H3. The summed E-state index contributed by atoms with van der Waals surface area (Å²) in [7, 11) is 4.01. The number of hydrogen-bond donors (Lipinski definition) is 1. The molecule has 0 radical (unpaired) electrons. The van der Waals surface area contributed by atoms with Gasteiger partial charge in [-0.05, 0) is 27.4 Å². The zero-order valence-corrected chi connectivity index (χ0v) is 11.1. The van der Waals surface area contributed by atoms with E-state index in [9.17, 15) is 5.11 Å². The van der Waals surface area contributed by atoms with Gasteiger partial charge in [0.15, 0.2) is 0 Å². The van der Waals surface area contributed by atoms with Crippen molar-refractivity contribution in [2.45, 2.75) is 32.4 Å². The highest BCUT2D eigenvalue weighted by Gasteiger charge is 2.28. The Morgan fingerprint density at radius 2 is 2.19 bits per heavy atom. The molecule has 0 saturated carbocycles. The molecule has 4 nitrogen and oxygen atoms in total. The summed E-state index contributed by atoms with van der Waals surface area (Å²) in [6, 6.07) is 0. The van der Waals surface area contributed by atoms with Gasteiger partial charge >= 0.3 is 0 Å². The lowest BCUT2D eigenvalue weighted by molar-refractivity contribution is 0.0431. The molecule has 0 spiro atoms. The van der Waals surface area contributed by atoms with Crippen LogP contribution in [0.5, 0.6) is 0 Å². The maximum absolute atomic E-state index is 10.3. The first-order valence-electron chi connectivity index (χ1n) is 5.47. The van der Waals surface area contributed by atoms with Gasteiger partial charge < -0.3 is 10.0 Å². The number of halogens is 1. The molecule has 0 saturated heterocycles. The molecule has 1 aromatic rings. The second kappa shape index (κ2) is 5.17. The van der Waals surface area contributed by atoms with Crippen LogP contribution in [0.15, 0.2) is 6.20 Å². The van der Waals surface area contributed by atoms with E-state index in [1.165, 1.54) is 0 Å². The predicted octanol–water partition coefficient (Wildman–Crippen LogP) is 1.72. The molecule has 0 fully saturated rings. The van der Waals surface area contributed by atoms with Gasteiger partial charge in [0.25, 0.3) is 0 Å². The Kier molecular flexibility index (Phi) is 4.35. The van der Waals surface area contributed by atoms with E-state index >= 15 is 0 Å². The van der Waals surface area contributed by atoms with Gasteiger partial charge in [0.1, 0.15) is 5.60 Å². The third kappa shape index (κ3) is 2.97. The Morgan fingerprint density at radius 1 is 1.56 bits per heavy atom. The summed E-state index contributed by atoms with van der Waals surface area (Å²) in [5, 5.41) is 15.0. The molecule has 0 aliphatic heterocycles. The van der Waals surface area contributed by atoms with Crippen molar-refractivity contribution in [3.05, 3.63) is 16.9 Å². The molecule has 1 atom stereocenters. The largest absolute Gasteiger partial charge is 0.384 e. The molecule has 0 aliphatic carbocycles. The molecule has 16 heavy (non-hydrogen) atoms. The second-order valence-electron chi connectivity index (χ2n) is 4.49. The van der Waals surface area contributed by atoms with Crippen LogP contribution in [0.4, 0.5) is 0 Å². The highest BCUT2D eigenvalue weighted by Crippen LogP contribution is 2.30. The fraction of sp³-hybridized carbons (Fsp3) is 0.727. The summed E-state index contributed by atoms with van der Waals surface area (Å²) in [4.78, 5) is 2.07. The highest BCUT2D eigenvalue weighted by molar-refractivity contribution is 6.31. The fourth-order valence-electron chi connectivity index (χ4n) is 1.53. The Morgan fingerprint density at radius 3 is 2.69 bits per heavy atom. The Labute approximate surface area is 102 Å². The number of likely N-dealkylation sites (N-methyl/N-ethyl adjacent to an activating group) is 1. The smallest absolute Gasteiger partial charge is 0.105 e. The third-order valence-corrected chi connectivity index (χ3v) is 3.03. The normalized spacial score (nSPS) is 15.4. The minimum Gasteiger partial charge on any atom is -0.384 e. The van der Waals surface area contributed by atoms with E-state index in [1.807, 2.05) is 21.0 Å². The van der Waals surface area contributed by atoms with Crippen molar-refractivity contribution in [1.82, 2.24) is 14.7 Å². The molecule has 0 aliphatic rings. The van der Waals surface area contributed by atoms with Crippen LogP contribution in [-0.4, -0.2) is 40.4 Å². The van der Waals surface area contributed by atoms with Crippen LogP contribution >= 0.6 is 11.6 Å². The monoisotopic (exact) mass is 245 g/mol. The summed E-state index contributed by atoms with van der Waals surface area (Å²) in [5.74, 6) is 0. The van der Waals surface area contributed by atoms with Crippen LogP contribution in [-0.2, 0) is 12.1 Å². The summed E-state index contributed by atoms with van der Waals surface area (Å²) < 4.78 is 1.78. The van der Waals surface area contributed by atoms with Crippen molar-refractivity contribution in [3.63, 3.8) is 0 Å². The van der Waals surface area contributed by atoms with E-state index < -0.39 is 5.60 Å². The van der Waals surface area contributed by atoms with Crippen LogP contribution in [0.3, 0.4) is 0 Å². The number of rotatable bonds is 5. The SMILES string of the molecule is CCC(C)(O)c1c(Cl)cnn1CCN(C)C. The lowest BCUT2D eigenvalue weighted by Crippen LogP contribution is -2.28. The molecular weight excluding hydrogens is 226 g/mol. The van der Waals surface area contributed by atoms with Crippen molar-refractivity contribution in [2.24, 2.45) is 0 Å². The fourth-order valence-corrected chi connectivity index (χ4v) is 1.87. The molecule has 0 bridgehead atoms. The topological polar surface area (TPSA) is 41.3 Å². The minimum atomic E-state index is -0.917. The van der Waals surface area contributed by atoms with Crippen LogP contribution in [0.2, 0.25) is 5.02 Å². The van der Waals surface area contributed by atoms with Gasteiger partial charge in [-0.1, -0.05) is 18.5 Å². The Hall–Kier alpha value is -0.580. The van der Waals surface area contributed by atoms with Crippen LogP contribution in [0.25, 0.3) is 0 Å². The molecule has 1 unspecified atom stereocenters. The number of aliphatic hydroxyl groups is 1. The van der Waals surface area contributed by atoms with Gasteiger partial charge in [-0.25, -0.2) is 0 Å². The molecule has 0 amide bonds. The Bertz CT molecular complexity index is 347. The molecule has 1 N–H and O–H groups in total. The second-order valence-corrected chi connectivity index (χ2v) is 4.90. The zero-order valence-electron chi connectivity index (χ0n) is 10.4. The molecule has 0 aromatic carbocycles. The number of hydrogen-bond acceptors (Lipinski definition) is 3. The van der Waals surface area contributed by atoms with E-state index in [2.05, 4.69) is 10.00 Å². The molecule has 5 heteroatoms. The molecular formula is C11H20ClN3O. The van der Waals surface area contributed by atoms with Gasteiger partial charge in [-0.2, -0.15) is 5.10 Å². The predicted molar refractivity (Wildman–Crippen MR) is 65.7 cm³/mol. The molecule has 1 rings (SSSR count). The van der Waals surface area contributed by atoms with E-state index in [0.717, 1.165) is 13.1 Å². The Balaban J connectivity index is 2.94. The summed E-state index contributed by atoms with van der Waals surface area (Å²) in [6.07, 6.45) is 2.21. The lowest BCUT2D eigenvalue weighted by atomic mass is 9.99. The van der Waals surface area contributed by atoms with E-state index in [4.69, 9.17) is 11.6 Å². The van der Waals surface area contributed by atoms with Crippen molar-refractivity contribution < 1.29 is 5.11 Å². The quantitative estimate of drug-likeness (QED) is 0.859. The van der Waals surface area contributed by atoms with Crippen molar-refractivity contribution >= 4 is 11.6 Å². The van der Waals surface area contributed by atoms with Crippen LogP contribution in [0.1, 0.15) is 26.0 Å². The molecule has 1 aromatic heterocycles. The van der Waals surface area contributed by atoms with Crippen molar-refractivity contribution in [2.75, 3.05) is 20.6 Å². The van der Waals surface area contributed by atoms with Gasteiger partial charge in [0, 0.05) is 6.54 Å². The maximum atomic E-state index is 10.3. The molecule has 92 valence electrons. The average molecular weight is 246 g/mol.